The van der Waals surface area contributed by atoms with Gasteiger partial charge in [-0.1, -0.05) is 88.2 Å². The fourth-order valence-corrected chi connectivity index (χ4v) is 4.95. The summed E-state index contributed by atoms with van der Waals surface area (Å²) in [5, 5.41) is 3.11. The Bertz CT molecular complexity index is 1130. The zero-order valence-corrected chi connectivity index (χ0v) is 23.9. The third-order valence-electron chi connectivity index (χ3n) is 5.65. The molecule has 1 atom stereocenters. The molecule has 0 unspecified atom stereocenters. The van der Waals surface area contributed by atoms with Gasteiger partial charge in [0.15, 0.2) is 0 Å². The number of halogens is 1. The third kappa shape index (κ3) is 9.14. The van der Waals surface area contributed by atoms with Crippen LogP contribution in [-0.2, 0) is 28.3 Å². The molecule has 3 aromatic carbocycles. The zero-order chi connectivity index (χ0) is 26.1. The van der Waals surface area contributed by atoms with E-state index in [0.717, 1.165) is 32.5 Å². The van der Waals surface area contributed by atoms with Crippen molar-refractivity contribution < 1.29 is 9.59 Å². The first-order chi connectivity index (χ1) is 17.1. The van der Waals surface area contributed by atoms with Gasteiger partial charge >= 0.3 is 0 Å². The quantitative estimate of drug-likeness (QED) is 0.303. The van der Waals surface area contributed by atoms with Crippen molar-refractivity contribution in [3.63, 3.8) is 0 Å². The topological polar surface area (TPSA) is 49.4 Å². The van der Waals surface area contributed by atoms with Crippen LogP contribution in [0.5, 0.6) is 0 Å². The molecule has 2 amide bonds. The van der Waals surface area contributed by atoms with Gasteiger partial charge in [-0.25, -0.2) is 0 Å². The number of carbonyl (C=O) groups excluding carboxylic acids is 2. The van der Waals surface area contributed by atoms with Crippen molar-refractivity contribution in [3.8, 4) is 0 Å². The summed E-state index contributed by atoms with van der Waals surface area (Å²) >= 11 is 5.04. The van der Waals surface area contributed by atoms with Gasteiger partial charge in [0.2, 0.25) is 11.8 Å². The van der Waals surface area contributed by atoms with Crippen LogP contribution in [0, 0.1) is 6.92 Å². The number of nitrogens with one attached hydrogen (secondary N) is 1. The highest BCUT2D eigenvalue weighted by molar-refractivity contribution is 9.10. The monoisotopic (exact) mass is 566 g/mol. The molecule has 190 valence electrons. The van der Waals surface area contributed by atoms with Crippen LogP contribution in [0.4, 0.5) is 0 Å². The van der Waals surface area contributed by atoms with E-state index in [0.29, 0.717) is 18.7 Å². The predicted molar refractivity (Wildman–Crippen MR) is 154 cm³/mol. The van der Waals surface area contributed by atoms with Gasteiger partial charge in [-0.2, -0.15) is 0 Å². The van der Waals surface area contributed by atoms with Crippen molar-refractivity contribution in [3.05, 3.63) is 106 Å². The number of nitrogens with zero attached hydrogens (tertiary/aromatic N) is 1. The first-order valence-corrected chi connectivity index (χ1v) is 14.1. The molecule has 0 saturated heterocycles. The van der Waals surface area contributed by atoms with Crippen LogP contribution in [0.2, 0.25) is 0 Å². The summed E-state index contributed by atoms with van der Waals surface area (Å²) in [6.45, 7) is 8.31. The van der Waals surface area contributed by atoms with Crippen LogP contribution >= 0.6 is 27.7 Å². The Kier molecular flexibility index (Phi) is 10.2. The van der Waals surface area contributed by atoms with Gasteiger partial charge < -0.3 is 10.2 Å². The predicted octanol–water partition coefficient (Wildman–Crippen LogP) is 6.55. The Morgan fingerprint density at radius 3 is 2.11 bits per heavy atom. The van der Waals surface area contributed by atoms with Crippen LogP contribution in [0.1, 0.15) is 43.0 Å². The lowest BCUT2D eigenvalue weighted by Crippen LogP contribution is -2.54. The number of thioether (sulfide) groups is 1. The van der Waals surface area contributed by atoms with E-state index in [-0.39, 0.29) is 11.8 Å². The summed E-state index contributed by atoms with van der Waals surface area (Å²) in [4.78, 5) is 29.0. The van der Waals surface area contributed by atoms with Gasteiger partial charge in [0.1, 0.15) is 6.04 Å². The molecule has 3 aromatic rings. The lowest BCUT2D eigenvalue weighted by Gasteiger charge is -2.34. The molecular weight excluding hydrogens is 532 g/mol. The van der Waals surface area contributed by atoms with E-state index in [4.69, 9.17) is 0 Å². The second-order valence-corrected chi connectivity index (χ2v) is 12.0. The van der Waals surface area contributed by atoms with Crippen LogP contribution in [0.15, 0.2) is 83.3 Å². The van der Waals surface area contributed by atoms with Crippen molar-refractivity contribution in [1.82, 2.24) is 10.2 Å². The molecule has 0 aliphatic carbocycles. The number of amides is 2. The van der Waals surface area contributed by atoms with Gasteiger partial charge in [-0.05, 0) is 56.5 Å². The summed E-state index contributed by atoms with van der Waals surface area (Å²) in [7, 11) is 0. The van der Waals surface area contributed by atoms with Crippen LogP contribution < -0.4 is 5.32 Å². The van der Waals surface area contributed by atoms with Crippen LogP contribution in [0.3, 0.4) is 0 Å². The fourth-order valence-electron chi connectivity index (χ4n) is 3.82. The molecule has 0 aliphatic heterocycles. The van der Waals surface area contributed by atoms with Crippen molar-refractivity contribution in [2.45, 2.75) is 58.0 Å². The lowest BCUT2D eigenvalue weighted by molar-refractivity contribution is -0.140. The molecular formula is C30H35BrN2O2S. The Labute approximate surface area is 228 Å². The lowest BCUT2D eigenvalue weighted by atomic mass is 10.0. The standard InChI is InChI=1S/C30H35BrN2O2S/c1-22-10-12-24(13-11-22)19-33(28(34)21-36-20-25-14-16-26(31)17-15-25)27(29(35)32-30(2,3)4)18-23-8-6-5-7-9-23/h5-17,27H,18-21H2,1-4H3,(H,32,35)/t27-/m0/s1. The smallest absolute Gasteiger partial charge is 0.243 e. The highest BCUT2D eigenvalue weighted by Crippen LogP contribution is 2.20. The number of hydrogen-bond acceptors (Lipinski definition) is 3. The summed E-state index contributed by atoms with van der Waals surface area (Å²) in [5.74, 6) is 0.859. The van der Waals surface area contributed by atoms with Crippen molar-refractivity contribution >= 4 is 39.5 Å². The zero-order valence-electron chi connectivity index (χ0n) is 21.5. The maximum atomic E-state index is 13.7. The normalized spacial score (nSPS) is 12.1. The Hall–Kier alpha value is -2.57. The molecule has 6 heteroatoms. The van der Waals surface area contributed by atoms with Crippen molar-refractivity contribution in [2.75, 3.05) is 5.75 Å². The average molecular weight is 568 g/mol. The molecule has 3 rings (SSSR count). The molecule has 4 nitrogen and oxygen atoms in total. The maximum absolute atomic E-state index is 13.7. The Morgan fingerprint density at radius 1 is 0.889 bits per heavy atom. The molecule has 36 heavy (non-hydrogen) atoms. The Balaban J connectivity index is 1.85. The summed E-state index contributed by atoms with van der Waals surface area (Å²) in [5.41, 5.74) is 3.95. The van der Waals surface area contributed by atoms with Crippen LogP contribution in [-0.4, -0.2) is 34.0 Å². The second kappa shape index (κ2) is 13.1. The SMILES string of the molecule is Cc1ccc(CN(C(=O)CSCc2ccc(Br)cc2)[C@@H](Cc2ccccc2)C(=O)NC(C)(C)C)cc1. The van der Waals surface area contributed by atoms with E-state index < -0.39 is 11.6 Å². The summed E-state index contributed by atoms with van der Waals surface area (Å²) < 4.78 is 1.03. The fraction of sp³-hybridized carbons (Fsp3) is 0.333. The molecule has 0 aliphatic rings. The Morgan fingerprint density at radius 2 is 1.50 bits per heavy atom. The van der Waals surface area contributed by atoms with E-state index in [2.05, 4.69) is 33.4 Å². The molecule has 0 spiro atoms. The summed E-state index contributed by atoms with van der Waals surface area (Å²) in [6.07, 6.45) is 0.456. The molecule has 1 N–H and O–H groups in total. The first kappa shape index (κ1) is 28.0. The van der Waals surface area contributed by atoms with Crippen molar-refractivity contribution in [1.29, 1.82) is 0 Å². The van der Waals surface area contributed by atoms with E-state index in [1.54, 1.807) is 16.7 Å². The van der Waals surface area contributed by atoms with Gasteiger partial charge in [-0.15, -0.1) is 11.8 Å². The minimum absolute atomic E-state index is 0.0392. The number of hydrogen-bond donors (Lipinski definition) is 1. The molecule has 0 radical (unpaired) electrons. The minimum Gasteiger partial charge on any atom is -0.350 e. The van der Waals surface area contributed by atoms with Gasteiger partial charge in [0.25, 0.3) is 0 Å². The maximum Gasteiger partial charge on any atom is 0.243 e. The highest BCUT2D eigenvalue weighted by Gasteiger charge is 2.32. The van der Waals surface area contributed by atoms with E-state index in [9.17, 15) is 9.59 Å². The van der Waals surface area contributed by atoms with E-state index >= 15 is 0 Å². The number of aryl methyl sites for hydroxylation is 1. The third-order valence-corrected chi connectivity index (χ3v) is 7.17. The van der Waals surface area contributed by atoms with Gasteiger partial charge in [-0.3, -0.25) is 9.59 Å². The second-order valence-electron chi connectivity index (χ2n) is 10.1. The van der Waals surface area contributed by atoms with E-state index in [1.807, 2.05) is 94.4 Å². The van der Waals surface area contributed by atoms with Gasteiger partial charge in [0.05, 0.1) is 5.75 Å². The van der Waals surface area contributed by atoms with E-state index in [1.165, 1.54) is 0 Å². The highest BCUT2D eigenvalue weighted by atomic mass is 79.9. The molecule has 0 saturated carbocycles. The number of carbonyl (C=O) groups is 2. The minimum atomic E-state index is -0.617. The first-order valence-electron chi connectivity index (χ1n) is 12.1. The van der Waals surface area contributed by atoms with Crippen LogP contribution in [0.25, 0.3) is 0 Å². The molecule has 0 fully saturated rings. The number of benzene rings is 3. The number of rotatable bonds is 10. The molecule has 0 bridgehead atoms. The van der Waals surface area contributed by atoms with Gasteiger partial charge in [0, 0.05) is 28.7 Å². The van der Waals surface area contributed by atoms with Crippen molar-refractivity contribution in [2.24, 2.45) is 0 Å². The largest absolute Gasteiger partial charge is 0.350 e. The summed E-state index contributed by atoms with van der Waals surface area (Å²) in [6, 6.07) is 25.6. The average Bonchev–Trinajstić information content (AvgIpc) is 2.83. The molecule has 0 heterocycles. The molecule has 0 aromatic heterocycles.